The Morgan fingerprint density at radius 2 is 2.15 bits per heavy atom. The van der Waals surface area contributed by atoms with Gasteiger partial charge in [-0.3, -0.25) is 4.79 Å². The van der Waals surface area contributed by atoms with Crippen LogP contribution in [0.25, 0.3) is 0 Å². The number of amides is 1. The van der Waals surface area contributed by atoms with Crippen LogP contribution in [0.4, 0.5) is 0 Å². The molecule has 1 aliphatic carbocycles. The van der Waals surface area contributed by atoms with Gasteiger partial charge >= 0.3 is 0 Å². The SMILES string of the molecule is CC(C)NC(=O)C1CCCC(N)C1. The van der Waals surface area contributed by atoms with Crippen molar-refractivity contribution in [2.75, 3.05) is 0 Å². The molecule has 0 aliphatic heterocycles. The highest BCUT2D eigenvalue weighted by molar-refractivity contribution is 5.79. The molecule has 2 unspecified atom stereocenters. The molecule has 0 aromatic carbocycles. The molecule has 1 fully saturated rings. The van der Waals surface area contributed by atoms with Crippen LogP contribution >= 0.6 is 0 Å². The van der Waals surface area contributed by atoms with E-state index in [1.165, 1.54) is 0 Å². The first-order chi connectivity index (χ1) is 6.09. The summed E-state index contributed by atoms with van der Waals surface area (Å²) in [5.74, 6) is 0.344. The maximum absolute atomic E-state index is 11.6. The predicted molar refractivity (Wildman–Crippen MR) is 53.2 cm³/mol. The zero-order valence-corrected chi connectivity index (χ0v) is 8.55. The van der Waals surface area contributed by atoms with Gasteiger partial charge in [0.25, 0.3) is 0 Å². The first-order valence-corrected chi connectivity index (χ1v) is 5.15. The Labute approximate surface area is 80.1 Å². The first-order valence-electron chi connectivity index (χ1n) is 5.15. The second-order valence-electron chi connectivity index (χ2n) is 4.29. The Kier molecular flexibility index (Phi) is 3.72. The topological polar surface area (TPSA) is 55.1 Å². The zero-order chi connectivity index (χ0) is 9.84. The van der Waals surface area contributed by atoms with E-state index in [0.29, 0.717) is 0 Å². The van der Waals surface area contributed by atoms with Gasteiger partial charge in [-0.05, 0) is 33.1 Å². The highest BCUT2D eigenvalue weighted by atomic mass is 16.1. The molecule has 0 radical (unpaired) electrons. The average molecular weight is 184 g/mol. The van der Waals surface area contributed by atoms with Gasteiger partial charge in [0, 0.05) is 18.0 Å². The number of nitrogens with two attached hydrogens (primary N) is 1. The molecule has 0 spiro atoms. The molecule has 3 heteroatoms. The molecule has 3 nitrogen and oxygen atoms in total. The Morgan fingerprint density at radius 3 is 2.69 bits per heavy atom. The van der Waals surface area contributed by atoms with Crippen molar-refractivity contribution in [3.8, 4) is 0 Å². The van der Waals surface area contributed by atoms with Crippen LogP contribution in [0.1, 0.15) is 39.5 Å². The minimum atomic E-state index is 0.158. The summed E-state index contributed by atoms with van der Waals surface area (Å²) in [6, 6.07) is 0.474. The minimum absolute atomic E-state index is 0.158. The first kappa shape index (κ1) is 10.5. The van der Waals surface area contributed by atoms with Gasteiger partial charge in [0.1, 0.15) is 0 Å². The van der Waals surface area contributed by atoms with Crippen LogP contribution in [0.3, 0.4) is 0 Å². The average Bonchev–Trinajstić information content (AvgIpc) is 2.03. The van der Waals surface area contributed by atoms with Gasteiger partial charge in [-0.1, -0.05) is 6.42 Å². The molecule has 0 saturated heterocycles. The fourth-order valence-corrected chi connectivity index (χ4v) is 1.87. The number of rotatable bonds is 2. The van der Waals surface area contributed by atoms with Crippen molar-refractivity contribution in [2.45, 2.75) is 51.6 Å². The normalized spacial score (nSPS) is 28.9. The molecule has 76 valence electrons. The highest BCUT2D eigenvalue weighted by Gasteiger charge is 2.25. The lowest BCUT2D eigenvalue weighted by Gasteiger charge is -2.26. The summed E-state index contributed by atoms with van der Waals surface area (Å²) in [5, 5.41) is 2.94. The number of carbonyl (C=O) groups excluding carboxylic acids is 1. The fourth-order valence-electron chi connectivity index (χ4n) is 1.87. The van der Waals surface area contributed by atoms with Gasteiger partial charge < -0.3 is 11.1 Å². The summed E-state index contributed by atoms with van der Waals surface area (Å²) in [6.07, 6.45) is 4.04. The van der Waals surface area contributed by atoms with Crippen molar-refractivity contribution in [1.29, 1.82) is 0 Å². The van der Waals surface area contributed by atoms with E-state index in [9.17, 15) is 4.79 Å². The standard InChI is InChI=1S/C10H20N2O/c1-7(2)12-10(13)8-4-3-5-9(11)6-8/h7-9H,3-6,11H2,1-2H3,(H,12,13). The number of nitrogens with one attached hydrogen (secondary N) is 1. The van der Waals surface area contributed by atoms with E-state index in [1.54, 1.807) is 0 Å². The van der Waals surface area contributed by atoms with Crippen molar-refractivity contribution in [3.63, 3.8) is 0 Å². The summed E-state index contributed by atoms with van der Waals surface area (Å²) in [7, 11) is 0. The van der Waals surface area contributed by atoms with Crippen molar-refractivity contribution in [2.24, 2.45) is 11.7 Å². The lowest BCUT2D eigenvalue weighted by Crippen LogP contribution is -2.40. The van der Waals surface area contributed by atoms with E-state index < -0.39 is 0 Å². The molecule has 0 aromatic heterocycles. The number of hydrogen-bond acceptors (Lipinski definition) is 2. The molecule has 2 atom stereocenters. The molecule has 0 aromatic rings. The second-order valence-corrected chi connectivity index (χ2v) is 4.29. The van der Waals surface area contributed by atoms with Crippen LogP contribution < -0.4 is 11.1 Å². The summed E-state index contributed by atoms with van der Waals surface area (Å²) < 4.78 is 0. The van der Waals surface area contributed by atoms with E-state index in [0.717, 1.165) is 25.7 Å². The van der Waals surface area contributed by atoms with Gasteiger partial charge in [0.2, 0.25) is 5.91 Å². The van der Waals surface area contributed by atoms with Gasteiger partial charge in [-0.15, -0.1) is 0 Å². The largest absolute Gasteiger partial charge is 0.354 e. The van der Waals surface area contributed by atoms with Crippen molar-refractivity contribution >= 4 is 5.91 Å². The van der Waals surface area contributed by atoms with Crippen LogP contribution in [0.5, 0.6) is 0 Å². The molecule has 1 saturated carbocycles. The van der Waals surface area contributed by atoms with E-state index in [2.05, 4.69) is 5.32 Å². The van der Waals surface area contributed by atoms with Crippen LogP contribution in [-0.2, 0) is 4.79 Å². The van der Waals surface area contributed by atoms with Gasteiger partial charge in [0.05, 0.1) is 0 Å². The summed E-state index contributed by atoms with van der Waals surface area (Å²) in [5.41, 5.74) is 5.81. The predicted octanol–water partition coefficient (Wildman–Crippen LogP) is 1.03. The van der Waals surface area contributed by atoms with E-state index >= 15 is 0 Å². The van der Waals surface area contributed by atoms with Crippen LogP contribution in [0, 0.1) is 5.92 Å². The van der Waals surface area contributed by atoms with E-state index in [1.807, 2.05) is 13.8 Å². The van der Waals surface area contributed by atoms with Crippen molar-refractivity contribution < 1.29 is 4.79 Å². The molecule has 3 N–H and O–H groups in total. The van der Waals surface area contributed by atoms with E-state index in [-0.39, 0.29) is 23.9 Å². The minimum Gasteiger partial charge on any atom is -0.354 e. The molecule has 1 aliphatic rings. The molecule has 1 amide bonds. The lowest BCUT2D eigenvalue weighted by atomic mass is 9.85. The summed E-state index contributed by atoms with van der Waals surface area (Å²) in [6.45, 7) is 3.97. The Bertz CT molecular complexity index is 180. The lowest BCUT2D eigenvalue weighted by molar-refractivity contribution is -0.126. The molecule has 0 heterocycles. The number of carbonyl (C=O) groups is 1. The molecule has 1 rings (SSSR count). The van der Waals surface area contributed by atoms with E-state index in [4.69, 9.17) is 5.73 Å². The second kappa shape index (κ2) is 4.61. The zero-order valence-electron chi connectivity index (χ0n) is 8.55. The fraction of sp³-hybridized carbons (Fsp3) is 0.900. The maximum atomic E-state index is 11.6. The monoisotopic (exact) mass is 184 g/mol. The maximum Gasteiger partial charge on any atom is 0.223 e. The quantitative estimate of drug-likeness (QED) is 0.673. The third-order valence-electron chi connectivity index (χ3n) is 2.52. The van der Waals surface area contributed by atoms with Crippen molar-refractivity contribution in [3.05, 3.63) is 0 Å². The molecule has 13 heavy (non-hydrogen) atoms. The highest BCUT2D eigenvalue weighted by Crippen LogP contribution is 2.23. The molecular weight excluding hydrogens is 164 g/mol. The summed E-state index contributed by atoms with van der Waals surface area (Å²) >= 11 is 0. The van der Waals surface area contributed by atoms with Crippen LogP contribution in [0.15, 0.2) is 0 Å². The van der Waals surface area contributed by atoms with Crippen LogP contribution in [0.2, 0.25) is 0 Å². The Hall–Kier alpha value is -0.570. The van der Waals surface area contributed by atoms with Gasteiger partial charge in [-0.25, -0.2) is 0 Å². The Morgan fingerprint density at radius 1 is 1.46 bits per heavy atom. The smallest absolute Gasteiger partial charge is 0.223 e. The number of hydrogen-bond donors (Lipinski definition) is 2. The third-order valence-corrected chi connectivity index (χ3v) is 2.52. The van der Waals surface area contributed by atoms with Gasteiger partial charge in [-0.2, -0.15) is 0 Å². The third kappa shape index (κ3) is 3.35. The molecule has 0 bridgehead atoms. The van der Waals surface area contributed by atoms with Gasteiger partial charge in [0.15, 0.2) is 0 Å². The molecular formula is C10H20N2O. The Balaban J connectivity index is 2.37. The van der Waals surface area contributed by atoms with Crippen molar-refractivity contribution in [1.82, 2.24) is 5.32 Å². The van der Waals surface area contributed by atoms with Crippen LogP contribution in [-0.4, -0.2) is 18.0 Å². The summed E-state index contributed by atoms with van der Waals surface area (Å²) in [4.78, 5) is 11.6.